The second-order valence-electron chi connectivity index (χ2n) is 5.97. The summed E-state index contributed by atoms with van der Waals surface area (Å²) in [6.45, 7) is 6.57. The number of benzene rings is 1. The summed E-state index contributed by atoms with van der Waals surface area (Å²) in [7, 11) is 0. The Bertz CT molecular complexity index is 725. The van der Waals surface area contributed by atoms with Crippen LogP contribution in [0.25, 0.3) is 23.0 Å². The maximum absolute atomic E-state index is 5.33. The minimum absolute atomic E-state index is 0.131. The Morgan fingerprint density at radius 2 is 1.71 bits per heavy atom. The second-order valence-corrected chi connectivity index (χ2v) is 5.97. The Hall–Kier alpha value is -2.49. The summed E-state index contributed by atoms with van der Waals surface area (Å²) >= 11 is 0. The van der Waals surface area contributed by atoms with Crippen LogP contribution in [0.1, 0.15) is 26.3 Å². The molecular weight excluding hydrogens is 262 g/mol. The average Bonchev–Trinajstić information content (AvgIpc) is 2.97. The Kier molecular flexibility index (Phi) is 3.29. The Balaban J connectivity index is 1.90. The van der Waals surface area contributed by atoms with E-state index in [2.05, 4.69) is 48.0 Å². The fourth-order valence-electron chi connectivity index (χ4n) is 2.05. The first-order valence-corrected chi connectivity index (χ1v) is 6.90. The molecule has 3 rings (SSSR count). The highest BCUT2D eigenvalue weighted by Crippen LogP contribution is 2.26. The lowest BCUT2D eigenvalue weighted by Gasteiger charge is -2.18. The zero-order valence-electron chi connectivity index (χ0n) is 12.4. The number of rotatable bonds is 2. The van der Waals surface area contributed by atoms with E-state index < -0.39 is 0 Å². The zero-order chi connectivity index (χ0) is 14.9. The normalized spacial score (nSPS) is 11.6. The summed E-state index contributed by atoms with van der Waals surface area (Å²) in [6, 6.07) is 13.8. The number of aromatic nitrogens is 3. The highest BCUT2D eigenvalue weighted by atomic mass is 16.5. The van der Waals surface area contributed by atoms with Crippen LogP contribution in [0.3, 0.4) is 0 Å². The van der Waals surface area contributed by atoms with Crippen molar-refractivity contribution in [2.45, 2.75) is 26.2 Å². The van der Waals surface area contributed by atoms with Gasteiger partial charge < -0.3 is 4.52 Å². The van der Waals surface area contributed by atoms with Crippen LogP contribution in [-0.4, -0.2) is 15.1 Å². The van der Waals surface area contributed by atoms with E-state index in [0.717, 1.165) is 5.56 Å². The third-order valence-electron chi connectivity index (χ3n) is 3.32. The summed E-state index contributed by atoms with van der Waals surface area (Å²) < 4.78 is 5.33. The molecule has 106 valence electrons. The lowest BCUT2D eigenvalue weighted by molar-refractivity contribution is 0.432. The van der Waals surface area contributed by atoms with Gasteiger partial charge in [0.2, 0.25) is 5.82 Å². The van der Waals surface area contributed by atoms with Crippen LogP contribution < -0.4 is 0 Å². The number of nitrogens with zero attached hydrogens (tertiary/aromatic N) is 3. The molecule has 0 aliphatic rings. The molecule has 0 saturated heterocycles. The van der Waals surface area contributed by atoms with Crippen molar-refractivity contribution in [3.63, 3.8) is 0 Å². The van der Waals surface area contributed by atoms with Crippen LogP contribution in [0.5, 0.6) is 0 Å². The van der Waals surface area contributed by atoms with Gasteiger partial charge in [-0.2, -0.15) is 4.98 Å². The van der Waals surface area contributed by atoms with E-state index in [1.807, 2.05) is 30.3 Å². The van der Waals surface area contributed by atoms with Gasteiger partial charge in [-0.3, -0.25) is 4.98 Å². The fraction of sp³-hybridized carbons (Fsp3) is 0.235. The van der Waals surface area contributed by atoms with Crippen molar-refractivity contribution in [1.82, 2.24) is 15.1 Å². The molecule has 0 radical (unpaired) electrons. The van der Waals surface area contributed by atoms with E-state index in [0.29, 0.717) is 17.4 Å². The molecule has 0 fully saturated rings. The van der Waals surface area contributed by atoms with Crippen molar-refractivity contribution in [2.24, 2.45) is 0 Å². The first kappa shape index (κ1) is 13.5. The van der Waals surface area contributed by atoms with Crippen LogP contribution >= 0.6 is 0 Å². The summed E-state index contributed by atoms with van der Waals surface area (Å²) in [4.78, 5) is 8.62. The number of hydrogen-bond acceptors (Lipinski definition) is 4. The highest BCUT2D eigenvalue weighted by molar-refractivity contribution is 5.57. The smallest absolute Gasteiger partial charge is 0.258 e. The molecule has 4 nitrogen and oxygen atoms in total. The van der Waals surface area contributed by atoms with Gasteiger partial charge in [0.15, 0.2) is 0 Å². The van der Waals surface area contributed by atoms with Gasteiger partial charge in [-0.1, -0.05) is 44.1 Å². The minimum atomic E-state index is 0.131. The first-order valence-electron chi connectivity index (χ1n) is 6.90. The van der Waals surface area contributed by atoms with Crippen molar-refractivity contribution in [3.05, 3.63) is 54.2 Å². The molecule has 0 unspecified atom stereocenters. The largest absolute Gasteiger partial charge is 0.334 e. The maximum Gasteiger partial charge on any atom is 0.258 e. The van der Waals surface area contributed by atoms with Gasteiger partial charge in [0, 0.05) is 11.8 Å². The molecule has 0 amide bonds. The Morgan fingerprint density at radius 1 is 0.952 bits per heavy atom. The van der Waals surface area contributed by atoms with Crippen molar-refractivity contribution in [1.29, 1.82) is 0 Å². The average molecular weight is 279 g/mol. The van der Waals surface area contributed by atoms with Crippen LogP contribution in [0.2, 0.25) is 0 Å². The minimum Gasteiger partial charge on any atom is -0.334 e. The summed E-state index contributed by atoms with van der Waals surface area (Å²) in [5.41, 5.74) is 3.03. The lowest BCUT2D eigenvalue weighted by Crippen LogP contribution is -2.10. The topological polar surface area (TPSA) is 51.8 Å². The standard InChI is InChI=1S/C17H17N3O/c1-17(2,3)13-9-7-12(8-10-13)16-19-15(20-21-16)14-6-4-5-11-18-14/h4-11H,1-3H3. The van der Waals surface area contributed by atoms with Crippen LogP contribution in [0, 0.1) is 0 Å². The molecule has 1 aromatic carbocycles. The van der Waals surface area contributed by atoms with Gasteiger partial charge in [-0.05, 0) is 35.2 Å². The Labute approximate surface area is 123 Å². The predicted octanol–water partition coefficient (Wildman–Crippen LogP) is 4.10. The van der Waals surface area contributed by atoms with Gasteiger partial charge in [0.05, 0.1) is 0 Å². The maximum atomic E-state index is 5.33. The quantitative estimate of drug-likeness (QED) is 0.708. The van der Waals surface area contributed by atoms with E-state index in [-0.39, 0.29) is 5.41 Å². The molecule has 0 spiro atoms. The van der Waals surface area contributed by atoms with E-state index in [1.165, 1.54) is 5.56 Å². The third kappa shape index (κ3) is 2.84. The molecule has 0 atom stereocenters. The zero-order valence-corrected chi connectivity index (χ0v) is 12.4. The van der Waals surface area contributed by atoms with Crippen molar-refractivity contribution in [2.75, 3.05) is 0 Å². The van der Waals surface area contributed by atoms with Gasteiger partial charge in [-0.15, -0.1) is 0 Å². The number of pyridine rings is 1. The SMILES string of the molecule is CC(C)(C)c1ccc(-c2nc(-c3ccccn3)no2)cc1. The van der Waals surface area contributed by atoms with E-state index >= 15 is 0 Å². The molecule has 0 saturated carbocycles. The van der Waals surface area contributed by atoms with E-state index in [9.17, 15) is 0 Å². The molecule has 0 N–H and O–H groups in total. The number of hydrogen-bond donors (Lipinski definition) is 0. The van der Waals surface area contributed by atoms with Crippen LogP contribution in [-0.2, 0) is 5.41 Å². The lowest BCUT2D eigenvalue weighted by atomic mass is 9.87. The molecular formula is C17H17N3O. The fourth-order valence-corrected chi connectivity index (χ4v) is 2.05. The molecule has 2 heterocycles. The monoisotopic (exact) mass is 279 g/mol. The van der Waals surface area contributed by atoms with Gasteiger partial charge in [0.25, 0.3) is 5.89 Å². The second kappa shape index (κ2) is 5.13. The van der Waals surface area contributed by atoms with Crippen LogP contribution in [0.4, 0.5) is 0 Å². The van der Waals surface area contributed by atoms with E-state index in [4.69, 9.17) is 4.52 Å². The first-order chi connectivity index (χ1) is 10.0. The molecule has 4 heteroatoms. The van der Waals surface area contributed by atoms with Gasteiger partial charge >= 0.3 is 0 Å². The molecule has 21 heavy (non-hydrogen) atoms. The summed E-state index contributed by atoms with van der Waals surface area (Å²) in [5.74, 6) is 1.02. The molecule has 0 bridgehead atoms. The van der Waals surface area contributed by atoms with Crippen molar-refractivity contribution < 1.29 is 4.52 Å². The van der Waals surface area contributed by atoms with Crippen molar-refractivity contribution in [3.8, 4) is 23.0 Å². The molecule has 3 aromatic rings. The summed E-state index contributed by atoms with van der Waals surface area (Å²) in [5, 5.41) is 3.99. The molecule has 0 aliphatic heterocycles. The molecule has 2 aromatic heterocycles. The summed E-state index contributed by atoms with van der Waals surface area (Å²) in [6.07, 6.45) is 1.71. The van der Waals surface area contributed by atoms with E-state index in [1.54, 1.807) is 6.20 Å². The van der Waals surface area contributed by atoms with Gasteiger partial charge in [0.1, 0.15) is 5.69 Å². The van der Waals surface area contributed by atoms with Gasteiger partial charge in [-0.25, -0.2) is 0 Å². The predicted molar refractivity (Wildman–Crippen MR) is 81.7 cm³/mol. The van der Waals surface area contributed by atoms with Crippen molar-refractivity contribution >= 4 is 0 Å². The third-order valence-corrected chi connectivity index (χ3v) is 3.32. The van der Waals surface area contributed by atoms with Crippen LogP contribution in [0.15, 0.2) is 53.2 Å². The Morgan fingerprint density at radius 3 is 2.33 bits per heavy atom. The highest BCUT2D eigenvalue weighted by Gasteiger charge is 2.15. The molecule has 0 aliphatic carbocycles.